The van der Waals surface area contributed by atoms with Gasteiger partial charge in [0, 0.05) is 18.7 Å². The Morgan fingerprint density at radius 3 is 2.37 bits per heavy atom. The first kappa shape index (κ1) is 25.0. The number of hydrogen-bond donors (Lipinski definition) is 8. The van der Waals surface area contributed by atoms with Crippen LogP contribution < -0.4 is 16.0 Å². The lowest BCUT2D eigenvalue weighted by Gasteiger charge is -2.18. The average molecular weight is 443 g/mol. The van der Waals surface area contributed by atoms with Crippen LogP contribution in [0, 0.1) is 0 Å². The molecule has 2 amide bonds. The molecular weight excluding hydrogens is 418 g/mol. The molecule has 7 N–H and O–H groups in total. The Morgan fingerprint density at radius 1 is 1.07 bits per heavy atom. The van der Waals surface area contributed by atoms with E-state index in [1.165, 1.54) is 18.2 Å². The van der Waals surface area contributed by atoms with E-state index in [0.717, 1.165) is 0 Å². The number of phenolic OH excluding ortho intramolecular Hbond substituents is 2. The maximum absolute atomic E-state index is 12.0. The summed E-state index contributed by atoms with van der Waals surface area (Å²) in [7, 11) is 0. The molecule has 12 heteroatoms. The van der Waals surface area contributed by atoms with Crippen LogP contribution >= 0.6 is 12.6 Å². The van der Waals surface area contributed by atoms with Gasteiger partial charge in [-0.2, -0.15) is 12.6 Å². The highest BCUT2D eigenvalue weighted by molar-refractivity contribution is 7.80. The molecule has 30 heavy (non-hydrogen) atoms. The van der Waals surface area contributed by atoms with E-state index in [2.05, 4.69) is 28.6 Å². The predicted molar refractivity (Wildman–Crippen MR) is 109 cm³/mol. The van der Waals surface area contributed by atoms with E-state index in [1.54, 1.807) is 0 Å². The fourth-order valence-electron chi connectivity index (χ4n) is 2.49. The highest BCUT2D eigenvalue weighted by Gasteiger charge is 2.22. The zero-order valence-corrected chi connectivity index (χ0v) is 16.9. The minimum atomic E-state index is -1.23. The number of phenols is 2. The van der Waals surface area contributed by atoms with Crippen molar-refractivity contribution in [2.75, 3.05) is 18.8 Å². The third kappa shape index (κ3) is 9.01. The molecule has 0 spiro atoms. The summed E-state index contributed by atoms with van der Waals surface area (Å²) in [4.78, 5) is 45.7. The normalized spacial score (nSPS) is 12.6. The lowest BCUT2D eigenvalue weighted by Crippen LogP contribution is -2.49. The van der Waals surface area contributed by atoms with Crippen LogP contribution in [0.4, 0.5) is 0 Å². The molecule has 0 saturated heterocycles. The van der Waals surface area contributed by atoms with Gasteiger partial charge in [0.05, 0.1) is 0 Å². The molecule has 0 bridgehead atoms. The largest absolute Gasteiger partial charge is 0.508 e. The molecule has 0 aromatic heterocycles. The Labute approximate surface area is 177 Å². The number of carboxylic acid groups (broad SMARTS) is 2. The SMILES string of the molecule is O=C(O)CNC(=O)[C@H](CS)NC(=O)CC[C@@H](NCCc1cc(O)ccc1O)C(=O)O. The van der Waals surface area contributed by atoms with Crippen LogP contribution in [-0.2, 0) is 25.6 Å². The Bertz CT molecular complexity index is 774. The monoisotopic (exact) mass is 443 g/mol. The molecule has 0 aliphatic carbocycles. The van der Waals surface area contributed by atoms with Gasteiger partial charge in [-0.05, 0) is 36.6 Å². The zero-order chi connectivity index (χ0) is 22.7. The van der Waals surface area contributed by atoms with Crippen molar-refractivity contribution in [3.8, 4) is 11.5 Å². The summed E-state index contributed by atoms with van der Waals surface area (Å²) in [5.74, 6) is -3.82. The predicted octanol–water partition coefficient (Wildman–Crippen LogP) is -0.921. The van der Waals surface area contributed by atoms with Crippen molar-refractivity contribution < 1.29 is 39.6 Å². The molecule has 0 fully saturated rings. The number of rotatable bonds is 13. The highest BCUT2D eigenvalue weighted by atomic mass is 32.1. The summed E-state index contributed by atoms with van der Waals surface area (Å²) in [5, 5.41) is 44.3. The maximum atomic E-state index is 12.0. The Balaban J connectivity index is 2.49. The van der Waals surface area contributed by atoms with Crippen molar-refractivity contribution in [3.05, 3.63) is 23.8 Å². The number of carbonyl (C=O) groups is 4. The van der Waals surface area contributed by atoms with Gasteiger partial charge in [-0.15, -0.1) is 0 Å². The molecule has 0 aliphatic rings. The second kappa shape index (κ2) is 12.5. The summed E-state index contributed by atoms with van der Waals surface area (Å²) in [6.07, 6.45) is -0.0112. The summed E-state index contributed by atoms with van der Waals surface area (Å²) in [6, 6.07) is 1.92. The van der Waals surface area contributed by atoms with Crippen molar-refractivity contribution in [3.63, 3.8) is 0 Å². The quantitative estimate of drug-likeness (QED) is 0.141. The Kier molecular flexibility index (Phi) is 10.5. The van der Waals surface area contributed by atoms with Crippen molar-refractivity contribution in [1.29, 1.82) is 0 Å². The Morgan fingerprint density at radius 2 is 1.77 bits per heavy atom. The Hall–Kier alpha value is -2.99. The first-order valence-corrected chi connectivity index (χ1v) is 9.64. The molecule has 11 nitrogen and oxygen atoms in total. The van der Waals surface area contributed by atoms with Crippen LogP contribution in [0.15, 0.2) is 18.2 Å². The molecule has 1 aromatic carbocycles. The fourth-order valence-corrected chi connectivity index (χ4v) is 2.75. The van der Waals surface area contributed by atoms with E-state index in [1.807, 2.05) is 0 Å². The number of carbonyl (C=O) groups excluding carboxylic acids is 2. The molecular formula is C18H25N3O8S. The molecule has 2 atom stereocenters. The number of amides is 2. The van der Waals surface area contributed by atoms with Gasteiger partial charge < -0.3 is 36.4 Å². The first-order valence-electron chi connectivity index (χ1n) is 9.00. The topological polar surface area (TPSA) is 185 Å². The van der Waals surface area contributed by atoms with E-state index in [0.29, 0.717) is 5.56 Å². The van der Waals surface area contributed by atoms with Gasteiger partial charge >= 0.3 is 11.9 Å². The van der Waals surface area contributed by atoms with Gasteiger partial charge in [-0.3, -0.25) is 19.2 Å². The van der Waals surface area contributed by atoms with Crippen LogP contribution in [-0.4, -0.2) is 75.1 Å². The van der Waals surface area contributed by atoms with Crippen molar-refractivity contribution >= 4 is 36.4 Å². The third-order valence-corrected chi connectivity index (χ3v) is 4.42. The van der Waals surface area contributed by atoms with E-state index in [9.17, 15) is 34.5 Å². The average Bonchev–Trinajstić information content (AvgIpc) is 2.68. The number of aliphatic carboxylic acids is 2. The van der Waals surface area contributed by atoms with Crippen LogP contribution in [0.5, 0.6) is 11.5 Å². The number of benzene rings is 1. The number of thiol groups is 1. The van der Waals surface area contributed by atoms with Gasteiger partial charge in [0.2, 0.25) is 11.8 Å². The summed E-state index contributed by atoms with van der Waals surface area (Å²) < 4.78 is 0. The van der Waals surface area contributed by atoms with Gasteiger partial charge in [-0.1, -0.05) is 0 Å². The van der Waals surface area contributed by atoms with Gasteiger partial charge in [0.15, 0.2) is 0 Å². The molecule has 1 rings (SSSR count). The lowest BCUT2D eigenvalue weighted by atomic mass is 10.1. The highest BCUT2D eigenvalue weighted by Crippen LogP contribution is 2.22. The lowest BCUT2D eigenvalue weighted by molar-refractivity contribution is -0.140. The van der Waals surface area contributed by atoms with E-state index >= 15 is 0 Å². The molecule has 166 valence electrons. The van der Waals surface area contributed by atoms with Crippen molar-refractivity contribution in [2.24, 2.45) is 0 Å². The van der Waals surface area contributed by atoms with Crippen molar-refractivity contribution in [1.82, 2.24) is 16.0 Å². The minimum absolute atomic E-state index is 0.0274. The number of hydrogen-bond acceptors (Lipinski definition) is 8. The summed E-state index contributed by atoms with van der Waals surface area (Å²) >= 11 is 3.94. The molecule has 0 heterocycles. The third-order valence-electron chi connectivity index (χ3n) is 4.05. The van der Waals surface area contributed by atoms with Gasteiger partial charge in [-0.25, -0.2) is 0 Å². The number of carboxylic acids is 2. The fraction of sp³-hybridized carbons (Fsp3) is 0.444. The zero-order valence-electron chi connectivity index (χ0n) is 16.0. The first-order chi connectivity index (χ1) is 14.1. The summed E-state index contributed by atoms with van der Waals surface area (Å²) in [5.41, 5.74) is 0.438. The van der Waals surface area contributed by atoms with Crippen molar-refractivity contribution in [2.45, 2.75) is 31.3 Å². The molecule has 0 radical (unpaired) electrons. The number of nitrogens with one attached hydrogen (secondary N) is 3. The second-order valence-electron chi connectivity index (χ2n) is 6.36. The molecule has 0 aliphatic heterocycles. The van der Waals surface area contributed by atoms with Gasteiger partial charge in [0.25, 0.3) is 0 Å². The van der Waals surface area contributed by atoms with Crippen LogP contribution in [0.1, 0.15) is 18.4 Å². The van der Waals surface area contributed by atoms with Crippen LogP contribution in [0.3, 0.4) is 0 Å². The molecule has 0 unspecified atom stereocenters. The van der Waals surface area contributed by atoms with E-state index in [-0.39, 0.29) is 43.1 Å². The van der Waals surface area contributed by atoms with Crippen LogP contribution in [0.2, 0.25) is 0 Å². The molecule has 0 saturated carbocycles. The number of aromatic hydroxyl groups is 2. The summed E-state index contributed by atoms with van der Waals surface area (Å²) in [6.45, 7) is -0.425. The smallest absolute Gasteiger partial charge is 0.322 e. The standard InChI is InChI=1S/C18H25N3O8S/c22-11-1-3-14(23)10(7-11)5-6-19-12(18(28)29)2-4-15(24)21-13(9-30)17(27)20-8-16(25)26/h1,3,7,12-13,19,22-23,30H,2,4-6,8-9H2,(H,20,27)(H,21,24)(H,25,26)(H,28,29)/t12-,13+/m1/s1. The minimum Gasteiger partial charge on any atom is -0.508 e. The maximum Gasteiger partial charge on any atom is 0.322 e. The van der Waals surface area contributed by atoms with Crippen LogP contribution in [0.25, 0.3) is 0 Å². The van der Waals surface area contributed by atoms with E-state index < -0.39 is 42.4 Å². The second-order valence-corrected chi connectivity index (χ2v) is 6.73. The van der Waals surface area contributed by atoms with Gasteiger partial charge in [0.1, 0.15) is 30.1 Å². The van der Waals surface area contributed by atoms with E-state index in [4.69, 9.17) is 5.11 Å². The molecule has 1 aromatic rings.